The minimum atomic E-state index is -0.0803. The summed E-state index contributed by atoms with van der Waals surface area (Å²) in [6.45, 7) is 7.41. The first-order valence-corrected chi connectivity index (χ1v) is 13.1. The standard InChI is InChI=1S/C28H27N3O3S2/c1-3-13-34-24-12-11-20(15-19(24)2)26-21(17-31(29-26)22-8-5-4-6-9-22)16-25-27(32)30(28(35)36-25)18-23-10-7-14-33-23/h3-6,8-9,11-12,15-17,23H,1,7,10,13-14,18H2,2H3. The monoisotopic (exact) mass is 517 g/mol. The number of benzene rings is 2. The summed E-state index contributed by atoms with van der Waals surface area (Å²) in [5.41, 5.74) is 4.50. The second-order valence-electron chi connectivity index (χ2n) is 8.72. The van der Waals surface area contributed by atoms with E-state index in [4.69, 9.17) is 26.8 Å². The van der Waals surface area contributed by atoms with Gasteiger partial charge in [0.05, 0.1) is 23.2 Å². The average molecular weight is 518 g/mol. The summed E-state index contributed by atoms with van der Waals surface area (Å²) in [5.74, 6) is 0.723. The molecular formula is C28H27N3O3S2. The molecule has 36 heavy (non-hydrogen) atoms. The maximum absolute atomic E-state index is 13.3. The van der Waals surface area contributed by atoms with Crippen LogP contribution in [0, 0.1) is 6.92 Å². The number of aryl methyl sites for hydroxylation is 1. The van der Waals surface area contributed by atoms with Crippen LogP contribution in [-0.4, -0.2) is 50.8 Å². The second-order valence-corrected chi connectivity index (χ2v) is 10.4. The Labute approximate surface area is 220 Å². The third-order valence-corrected chi connectivity index (χ3v) is 7.52. The average Bonchev–Trinajstić information content (AvgIpc) is 3.61. The van der Waals surface area contributed by atoms with Crippen LogP contribution in [0.4, 0.5) is 0 Å². The highest BCUT2D eigenvalue weighted by Crippen LogP contribution is 2.36. The van der Waals surface area contributed by atoms with Gasteiger partial charge in [0.1, 0.15) is 22.4 Å². The van der Waals surface area contributed by atoms with Crippen LogP contribution in [0.1, 0.15) is 24.0 Å². The van der Waals surface area contributed by atoms with Crippen molar-refractivity contribution < 1.29 is 14.3 Å². The first kappa shape index (κ1) is 24.5. The Morgan fingerprint density at radius 2 is 2.11 bits per heavy atom. The summed E-state index contributed by atoms with van der Waals surface area (Å²) in [5, 5.41) is 4.90. The number of hydrogen-bond donors (Lipinski definition) is 0. The third-order valence-electron chi connectivity index (χ3n) is 6.14. The van der Waals surface area contributed by atoms with E-state index in [2.05, 4.69) is 12.6 Å². The van der Waals surface area contributed by atoms with Gasteiger partial charge in [-0.15, -0.1) is 0 Å². The molecule has 2 fully saturated rings. The van der Waals surface area contributed by atoms with Crippen molar-refractivity contribution in [3.8, 4) is 22.7 Å². The lowest BCUT2D eigenvalue weighted by Crippen LogP contribution is -2.35. The van der Waals surface area contributed by atoms with Crippen LogP contribution in [-0.2, 0) is 9.53 Å². The maximum Gasteiger partial charge on any atom is 0.266 e. The molecule has 3 heterocycles. The summed E-state index contributed by atoms with van der Waals surface area (Å²) >= 11 is 6.88. The molecule has 1 amide bonds. The second kappa shape index (κ2) is 10.8. The largest absolute Gasteiger partial charge is 0.489 e. The van der Waals surface area contributed by atoms with Gasteiger partial charge in [-0.25, -0.2) is 4.68 Å². The Hall–Kier alpha value is -3.20. The number of carbonyl (C=O) groups excluding carboxylic acids is 1. The van der Waals surface area contributed by atoms with Crippen molar-refractivity contribution in [1.82, 2.24) is 14.7 Å². The molecule has 0 bridgehead atoms. The molecule has 1 aromatic heterocycles. The molecule has 2 aromatic carbocycles. The van der Waals surface area contributed by atoms with Gasteiger partial charge >= 0.3 is 0 Å². The van der Waals surface area contributed by atoms with Crippen LogP contribution in [0.5, 0.6) is 5.75 Å². The fourth-order valence-corrected chi connectivity index (χ4v) is 5.59. The number of thiocarbonyl (C=S) groups is 1. The highest BCUT2D eigenvalue weighted by atomic mass is 32.2. The van der Waals surface area contributed by atoms with Gasteiger partial charge in [0, 0.05) is 23.9 Å². The van der Waals surface area contributed by atoms with E-state index in [0.717, 1.165) is 53.3 Å². The molecule has 1 atom stereocenters. The number of rotatable bonds is 8. The van der Waals surface area contributed by atoms with Gasteiger partial charge < -0.3 is 9.47 Å². The van der Waals surface area contributed by atoms with Gasteiger partial charge in [0.25, 0.3) is 5.91 Å². The molecule has 0 aliphatic carbocycles. The number of hydrogen-bond acceptors (Lipinski definition) is 6. The van der Waals surface area contributed by atoms with Crippen LogP contribution in [0.3, 0.4) is 0 Å². The molecule has 1 unspecified atom stereocenters. The Morgan fingerprint density at radius 1 is 1.28 bits per heavy atom. The predicted octanol–water partition coefficient (Wildman–Crippen LogP) is 5.79. The summed E-state index contributed by atoms with van der Waals surface area (Å²) in [4.78, 5) is 15.5. The lowest BCUT2D eigenvalue weighted by atomic mass is 10.0. The van der Waals surface area contributed by atoms with Gasteiger partial charge in [-0.1, -0.05) is 54.8 Å². The number of carbonyl (C=O) groups is 1. The molecule has 2 saturated heterocycles. The van der Waals surface area contributed by atoms with Gasteiger partial charge in [-0.3, -0.25) is 9.69 Å². The molecule has 0 radical (unpaired) electrons. The molecule has 2 aliphatic heterocycles. The lowest BCUT2D eigenvalue weighted by Gasteiger charge is -2.18. The zero-order valence-corrected chi connectivity index (χ0v) is 21.7. The zero-order chi connectivity index (χ0) is 25.1. The number of thioether (sulfide) groups is 1. The van der Waals surface area contributed by atoms with Crippen LogP contribution in [0.2, 0.25) is 0 Å². The molecule has 0 N–H and O–H groups in total. The molecule has 5 rings (SSSR count). The SMILES string of the molecule is C=CCOc1ccc(-c2nn(-c3ccccc3)cc2C=C2SC(=S)N(CC3CCCO3)C2=O)cc1C. The van der Waals surface area contributed by atoms with E-state index in [-0.39, 0.29) is 12.0 Å². The van der Waals surface area contributed by atoms with Crippen LogP contribution < -0.4 is 4.74 Å². The maximum atomic E-state index is 13.3. The molecule has 184 valence electrons. The van der Waals surface area contributed by atoms with E-state index in [0.29, 0.717) is 22.4 Å². The van der Waals surface area contributed by atoms with Crippen molar-refractivity contribution in [2.75, 3.05) is 19.8 Å². The lowest BCUT2D eigenvalue weighted by molar-refractivity contribution is -0.123. The number of amides is 1. The fourth-order valence-electron chi connectivity index (χ4n) is 4.33. The normalized spacial score (nSPS) is 18.9. The molecule has 3 aromatic rings. The van der Waals surface area contributed by atoms with E-state index in [1.807, 2.05) is 66.3 Å². The number of nitrogens with zero attached hydrogens (tertiary/aromatic N) is 3. The van der Waals surface area contributed by atoms with E-state index in [1.54, 1.807) is 11.0 Å². The van der Waals surface area contributed by atoms with Gasteiger partial charge in [0.15, 0.2) is 0 Å². The van der Waals surface area contributed by atoms with Crippen molar-refractivity contribution in [2.24, 2.45) is 0 Å². The molecule has 8 heteroatoms. The number of para-hydroxylation sites is 1. The Kier molecular flexibility index (Phi) is 7.36. The van der Waals surface area contributed by atoms with Crippen molar-refractivity contribution in [1.29, 1.82) is 0 Å². The molecular weight excluding hydrogens is 490 g/mol. The minimum Gasteiger partial charge on any atom is -0.489 e. The topological polar surface area (TPSA) is 56.6 Å². The molecule has 6 nitrogen and oxygen atoms in total. The van der Waals surface area contributed by atoms with Crippen molar-refractivity contribution in [3.05, 3.63) is 83.4 Å². The minimum absolute atomic E-state index is 0.0491. The van der Waals surface area contributed by atoms with Crippen molar-refractivity contribution in [2.45, 2.75) is 25.9 Å². The highest BCUT2D eigenvalue weighted by molar-refractivity contribution is 8.26. The molecule has 2 aliphatic rings. The zero-order valence-electron chi connectivity index (χ0n) is 20.1. The van der Waals surface area contributed by atoms with Crippen LogP contribution in [0.25, 0.3) is 23.0 Å². The van der Waals surface area contributed by atoms with E-state index in [9.17, 15) is 4.79 Å². The predicted molar refractivity (Wildman–Crippen MR) is 148 cm³/mol. The fraction of sp³-hybridized carbons (Fsp3) is 0.250. The Balaban J connectivity index is 1.51. The summed E-state index contributed by atoms with van der Waals surface area (Å²) in [6.07, 6.45) is 7.60. The van der Waals surface area contributed by atoms with Gasteiger partial charge in [-0.05, 0) is 61.7 Å². The summed E-state index contributed by atoms with van der Waals surface area (Å²) < 4.78 is 13.9. The van der Waals surface area contributed by atoms with Gasteiger partial charge in [-0.2, -0.15) is 5.10 Å². The van der Waals surface area contributed by atoms with E-state index >= 15 is 0 Å². The number of ether oxygens (including phenoxy) is 2. The van der Waals surface area contributed by atoms with E-state index < -0.39 is 0 Å². The highest BCUT2D eigenvalue weighted by Gasteiger charge is 2.35. The number of aromatic nitrogens is 2. The smallest absolute Gasteiger partial charge is 0.266 e. The first-order valence-electron chi connectivity index (χ1n) is 11.9. The van der Waals surface area contributed by atoms with Crippen molar-refractivity contribution >= 4 is 40.3 Å². The van der Waals surface area contributed by atoms with Crippen molar-refractivity contribution in [3.63, 3.8) is 0 Å². The van der Waals surface area contributed by atoms with Crippen LogP contribution in [0.15, 0.2) is 72.3 Å². The quantitative estimate of drug-likeness (QED) is 0.214. The van der Waals surface area contributed by atoms with E-state index in [1.165, 1.54) is 11.8 Å². The molecule has 0 spiro atoms. The summed E-state index contributed by atoms with van der Waals surface area (Å²) in [6, 6.07) is 15.9. The Bertz CT molecular complexity index is 1330. The summed E-state index contributed by atoms with van der Waals surface area (Å²) in [7, 11) is 0. The van der Waals surface area contributed by atoms with Crippen LogP contribution >= 0.6 is 24.0 Å². The molecule has 0 saturated carbocycles. The first-order chi connectivity index (χ1) is 17.5. The Morgan fingerprint density at radius 3 is 2.83 bits per heavy atom. The third kappa shape index (κ3) is 5.16. The van der Waals surface area contributed by atoms with Gasteiger partial charge in [0.2, 0.25) is 0 Å².